The third kappa shape index (κ3) is 3.16. The third-order valence-corrected chi connectivity index (χ3v) is 6.62. The number of nitrogens with zero attached hydrogens (tertiary/aromatic N) is 1. The first-order valence-electron chi connectivity index (χ1n) is 6.50. The number of sulfonamides is 1. The van der Waals surface area contributed by atoms with Crippen LogP contribution in [0.2, 0.25) is 0 Å². The minimum atomic E-state index is -3.61. The van der Waals surface area contributed by atoms with Gasteiger partial charge in [-0.3, -0.25) is 0 Å². The Kier molecular flexibility index (Phi) is 5.06. The van der Waals surface area contributed by atoms with Gasteiger partial charge >= 0.3 is 0 Å². The van der Waals surface area contributed by atoms with E-state index in [1.54, 1.807) is 11.8 Å². The van der Waals surface area contributed by atoms with Crippen molar-refractivity contribution in [2.45, 2.75) is 30.1 Å². The molecule has 112 valence electrons. The molecule has 1 unspecified atom stereocenters. The van der Waals surface area contributed by atoms with Crippen molar-refractivity contribution in [1.29, 1.82) is 0 Å². The number of benzene rings is 1. The Bertz CT molecular complexity index is 577. The molecule has 20 heavy (non-hydrogen) atoms. The first-order chi connectivity index (χ1) is 9.48. The van der Waals surface area contributed by atoms with E-state index < -0.39 is 22.4 Å². The maximum absolute atomic E-state index is 13.3. The van der Waals surface area contributed by atoms with E-state index in [9.17, 15) is 12.8 Å². The summed E-state index contributed by atoms with van der Waals surface area (Å²) in [5.41, 5.74) is 0.00417. The van der Waals surface area contributed by atoms with E-state index >= 15 is 0 Å². The Labute approximate surface area is 123 Å². The van der Waals surface area contributed by atoms with Crippen LogP contribution in [0.25, 0.3) is 0 Å². The van der Waals surface area contributed by atoms with Gasteiger partial charge in [-0.25, -0.2) is 12.8 Å². The summed E-state index contributed by atoms with van der Waals surface area (Å²) in [4.78, 5) is 0.0460. The summed E-state index contributed by atoms with van der Waals surface area (Å²) in [5.74, 6) is 0.179. The first-order valence-corrected chi connectivity index (χ1v) is 8.99. The van der Waals surface area contributed by atoms with Crippen LogP contribution >= 0.6 is 11.8 Å². The van der Waals surface area contributed by atoms with Gasteiger partial charge in [-0.1, -0.05) is 6.92 Å². The molecule has 1 aliphatic rings. The number of rotatable bonds is 4. The highest BCUT2D eigenvalue weighted by atomic mass is 32.2. The zero-order chi connectivity index (χ0) is 14.8. The predicted molar refractivity (Wildman–Crippen MR) is 77.6 cm³/mol. The van der Waals surface area contributed by atoms with Crippen LogP contribution in [0.4, 0.5) is 4.39 Å². The number of hydrogen-bond donors (Lipinski definition) is 1. The Morgan fingerprint density at radius 2 is 2.25 bits per heavy atom. The molecule has 0 radical (unpaired) electrons. The molecule has 4 nitrogen and oxygen atoms in total. The largest absolute Gasteiger partial charge is 0.392 e. The van der Waals surface area contributed by atoms with Crippen LogP contribution < -0.4 is 0 Å². The van der Waals surface area contributed by atoms with E-state index in [4.69, 9.17) is 5.11 Å². The van der Waals surface area contributed by atoms with Crippen LogP contribution in [0.5, 0.6) is 0 Å². The van der Waals surface area contributed by atoms with E-state index in [0.717, 1.165) is 18.2 Å². The molecule has 1 N–H and O–H groups in total. The van der Waals surface area contributed by atoms with Gasteiger partial charge in [0.1, 0.15) is 5.82 Å². The zero-order valence-electron chi connectivity index (χ0n) is 11.3. The molecule has 1 fully saturated rings. The smallest absolute Gasteiger partial charge is 0.243 e. The number of aliphatic hydroxyl groups is 1. The molecule has 1 aliphatic heterocycles. The van der Waals surface area contributed by atoms with E-state index in [1.165, 1.54) is 16.4 Å². The fourth-order valence-electron chi connectivity index (χ4n) is 2.14. The Morgan fingerprint density at radius 1 is 1.50 bits per heavy atom. The number of aliphatic hydroxyl groups excluding tert-OH is 1. The first kappa shape index (κ1) is 15.8. The Balaban J connectivity index is 2.30. The molecule has 0 saturated carbocycles. The second kappa shape index (κ2) is 6.43. The van der Waals surface area contributed by atoms with E-state index in [-0.39, 0.29) is 10.5 Å². The van der Waals surface area contributed by atoms with E-state index in [0.29, 0.717) is 18.3 Å². The predicted octanol–water partition coefficient (Wildman–Crippen LogP) is 1.83. The van der Waals surface area contributed by atoms with Gasteiger partial charge in [0.2, 0.25) is 10.0 Å². The van der Waals surface area contributed by atoms with Gasteiger partial charge in [0.05, 0.1) is 11.5 Å². The number of thioether (sulfide) groups is 1. The lowest BCUT2D eigenvalue weighted by Crippen LogP contribution is -2.41. The van der Waals surface area contributed by atoms with Crippen LogP contribution in [0, 0.1) is 5.82 Å². The highest BCUT2D eigenvalue weighted by Crippen LogP contribution is 2.26. The molecule has 2 rings (SSSR count). The quantitative estimate of drug-likeness (QED) is 0.920. The minimum Gasteiger partial charge on any atom is -0.392 e. The topological polar surface area (TPSA) is 57.6 Å². The SMILES string of the molecule is CCC1CN(S(=O)(=O)c2ccc(F)c(CO)c2)CCS1. The van der Waals surface area contributed by atoms with Crippen molar-refractivity contribution in [3.8, 4) is 0 Å². The molecule has 0 spiro atoms. The summed E-state index contributed by atoms with van der Waals surface area (Å²) in [7, 11) is -3.61. The van der Waals surface area contributed by atoms with Crippen molar-refractivity contribution in [1.82, 2.24) is 4.31 Å². The third-order valence-electron chi connectivity index (χ3n) is 3.38. The van der Waals surface area contributed by atoms with Crippen molar-refractivity contribution in [3.63, 3.8) is 0 Å². The lowest BCUT2D eigenvalue weighted by Gasteiger charge is -2.31. The monoisotopic (exact) mass is 319 g/mol. The molecule has 1 saturated heterocycles. The fraction of sp³-hybridized carbons (Fsp3) is 0.538. The van der Waals surface area contributed by atoms with Gasteiger partial charge in [-0.05, 0) is 24.6 Å². The highest BCUT2D eigenvalue weighted by Gasteiger charge is 2.30. The minimum absolute atomic E-state index is 0.00417. The highest BCUT2D eigenvalue weighted by molar-refractivity contribution is 8.00. The summed E-state index contributed by atoms with van der Waals surface area (Å²) < 4.78 is 39.9. The molecular weight excluding hydrogens is 301 g/mol. The lowest BCUT2D eigenvalue weighted by molar-refractivity contribution is 0.275. The second-order valence-corrected chi connectivity index (χ2v) is 8.02. The molecule has 0 aromatic heterocycles. The summed E-state index contributed by atoms with van der Waals surface area (Å²) in [5, 5.41) is 9.35. The van der Waals surface area contributed by atoms with Crippen molar-refractivity contribution in [2.24, 2.45) is 0 Å². The van der Waals surface area contributed by atoms with E-state index in [1.807, 2.05) is 6.92 Å². The van der Waals surface area contributed by atoms with Crippen molar-refractivity contribution in [3.05, 3.63) is 29.6 Å². The molecule has 0 bridgehead atoms. The molecule has 1 aromatic rings. The molecule has 7 heteroatoms. The van der Waals surface area contributed by atoms with Crippen molar-refractivity contribution < 1.29 is 17.9 Å². The summed E-state index contributed by atoms with van der Waals surface area (Å²) in [6.07, 6.45) is 0.919. The maximum atomic E-state index is 13.3. The average Bonchev–Trinajstić information content (AvgIpc) is 2.47. The Hall–Kier alpha value is -0.630. The molecule has 0 amide bonds. The summed E-state index contributed by atoms with van der Waals surface area (Å²) in [6.45, 7) is 2.48. The van der Waals surface area contributed by atoms with Gasteiger partial charge in [0.15, 0.2) is 0 Å². The summed E-state index contributed by atoms with van der Waals surface area (Å²) >= 11 is 1.78. The van der Waals surface area contributed by atoms with Gasteiger partial charge in [-0.15, -0.1) is 0 Å². The normalized spacial score (nSPS) is 21.1. The zero-order valence-corrected chi connectivity index (χ0v) is 12.9. The number of halogens is 1. The van der Waals surface area contributed by atoms with E-state index in [2.05, 4.69) is 0 Å². The van der Waals surface area contributed by atoms with Crippen molar-refractivity contribution >= 4 is 21.8 Å². The van der Waals surface area contributed by atoms with Gasteiger partial charge in [-0.2, -0.15) is 16.1 Å². The molecule has 1 heterocycles. The fourth-order valence-corrected chi connectivity index (χ4v) is 5.07. The second-order valence-electron chi connectivity index (χ2n) is 4.68. The standard InChI is InChI=1S/C13H18FNO3S2/c1-2-11-8-15(5-6-19-11)20(17,18)12-3-4-13(14)10(7-12)9-16/h3-4,7,11,16H,2,5-6,8-9H2,1H3. The van der Waals surface area contributed by atoms with Crippen LogP contribution in [0.3, 0.4) is 0 Å². The molecular formula is C13H18FNO3S2. The van der Waals surface area contributed by atoms with Crippen molar-refractivity contribution in [2.75, 3.05) is 18.8 Å². The van der Waals surface area contributed by atoms with Crippen LogP contribution in [-0.2, 0) is 16.6 Å². The van der Waals surface area contributed by atoms with Gasteiger partial charge in [0.25, 0.3) is 0 Å². The Morgan fingerprint density at radius 3 is 2.90 bits per heavy atom. The van der Waals surface area contributed by atoms with Gasteiger partial charge < -0.3 is 5.11 Å². The molecule has 1 atom stereocenters. The number of hydrogen-bond acceptors (Lipinski definition) is 4. The summed E-state index contributed by atoms with van der Waals surface area (Å²) in [6, 6.07) is 3.56. The molecule has 0 aliphatic carbocycles. The molecule has 1 aromatic carbocycles. The maximum Gasteiger partial charge on any atom is 0.243 e. The average molecular weight is 319 g/mol. The van der Waals surface area contributed by atoms with Crippen LogP contribution in [0.15, 0.2) is 23.1 Å². The lowest BCUT2D eigenvalue weighted by atomic mass is 10.2. The van der Waals surface area contributed by atoms with Crippen LogP contribution in [0.1, 0.15) is 18.9 Å². The van der Waals surface area contributed by atoms with Gasteiger partial charge in [0, 0.05) is 29.7 Å². The van der Waals surface area contributed by atoms with Crippen LogP contribution in [-0.4, -0.2) is 41.9 Å².